The van der Waals surface area contributed by atoms with Gasteiger partial charge in [0.05, 0.1) is 0 Å². The van der Waals surface area contributed by atoms with Crippen LogP contribution in [-0.2, 0) is 0 Å². The summed E-state index contributed by atoms with van der Waals surface area (Å²) in [5, 5.41) is 10.1. The maximum atomic E-state index is 13.3. The molecule has 2 nitrogen and oxygen atoms in total. The second-order valence-electron chi connectivity index (χ2n) is 4.23. The molecule has 1 N–H and O–H groups in total. The third kappa shape index (κ3) is 4.44. The zero-order valence-corrected chi connectivity index (χ0v) is 12.0. The van der Waals surface area contributed by atoms with Crippen molar-refractivity contribution in [3.63, 3.8) is 0 Å². The number of halogens is 5. The molecule has 0 radical (unpaired) electrons. The third-order valence-corrected chi connectivity index (χ3v) is 3.07. The standard InChI is InChI=1S/C14H9BrF4O2/c15-10-4-9(5-11(16)7-10)13(20)8-2-1-3-12(6-8)21-14(17,18)19/h1-7,13,20H. The molecule has 0 aliphatic carbocycles. The highest BCUT2D eigenvalue weighted by Crippen LogP contribution is 2.29. The molecule has 2 aromatic carbocycles. The van der Waals surface area contributed by atoms with Gasteiger partial charge >= 0.3 is 6.36 Å². The first-order chi connectivity index (χ1) is 9.74. The van der Waals surface area contributed by atoms with E-state index in [9.17, 15) is 22.7 Å². The molecule has 0 saturated heterocycles. The number of alkyl halides is 3. The Morgan fingerprint density at radius 1 is 1.05 bits per heavy atom. The van der Waals surface area contributed by atoms with Crippen molar-refractivity contribution in [1.29, 1.82) is 0 Å². The van der Waals surface area contributed by atoms with Crippen LogP contribution in [0.15, 0.2) is 46.9 Å². The topological polar surface area (TPSA) is 29.5 Å². The van der Waals surface area contributed by atoms with Gasteiger partial charge in [0.1, 0.15) is 17.7 Å². The zero-order valence-electron chi connectivity index (χ0n) is 10.4. The van der Waals surface area contributed by atoms with Crippen LogP contribution < -0.4 is 4.74 Å². The summed E-state index contributed by atoms with van der Waals surface area (Å²) in [4.78, 5) is 0. The van der Waals surface area contributed by atoms with Gasteiger partial charge in [0.15, 0.2) is 0 Å². The Hall–Kier alpha value is -1.60. The monoisotopic (exact) mass is 364 g/mol. The summed E-state index contributed by atoms with van der Waals surface area (Å²) in [6, 6.07) is 8.69. The molecule has 0 aliphatic heterocycles. The molecule has 2 rings (SSSR count). The summed E-state index contributed by atoms with van der Waals surface area (Å²) in [6.45, 7) is 0. The van der Waals surface area contributed by atoms with Crippen molar-refractivity contribution < 1.29 is 27.4 Å². The second-order valence-corrected chi connectivity index (χ2v) is 5.14. The number of hydrogen-bond acceptors (Lipinski definition) is 2. The van der Waals surface area contributed by atoms with Crippen LogP contribution in [0.4, 0.5) is 17.6 Å². The number of ether oxygens (including phenoxy) is 1. The summed E-state index contributed by atoms with van der Waals surface area (Å²) in [5.74, 6) is -1.02. The Morgan fingerprint density at radius 2 is 1.76 bits per heavy atom. The second kappa shape index (κ2) is 6.03. The van der Waals surface area contributed by atoms with Crippen molar-refractivity contribution in [2.24, 2.45) is 0 Å². The Labute approximate surface area is 126 Å². The Kier molecular flexibility index (Phi) is 4.53. The van der Waals surface area contributed by atoms with Crippen LogP contribution in [0, 0.1) is 5.82 Å². The molecule has 7 heteroatoms. The first-order valence-electron chi connectivity index (χ1n) is 5.74. The molecule has 112 valence electrons. The van der Waals surface area contributed by atoms with Gasteiger partial charge < -0.3 is 9.84 Å². The van der Waals surface area contributed by atoms with Crippen molar-refractivity contribution in [3.8, 4) is 5.75 Å². The first-order valence-corrected chi connectivity index (χ1v) is 6.54. The van der Waals surface area contributed by atoms with E-state index in [0.29, 0.717) is 4.47 Å². The van der Waals surface area contributed by atoms with E-state index >= 15 is 0 Å². The van der Waals surface area contributed by atoms with E-state index in [1.807, 2.05) is 0 Å². The maximum Gasteiger partial charge on any atom is 0.573 e. The molecule has 1 unspecified atom stereocenters. The SMILES string of the molecule is OC(c1cc(F)cc(Br)c1)c1cccc(OC(F)(F)F)c1. The Balaban J connectivity index is 2.30. The Bertz CT molecular complexity index is 623. The summed E-state index contributed by atoms with van der Waals surface area (Å²) in [6.07, 6.45) is -6.08. The molecule has 2 aromatic rings. The highest BCUT2D eigenvalue weighted by molar-refractivity contribution is 9.10. The maximum absolute atomic E-state index is 13.3. The van der Waals surface area contributed by atoms with Gasteiger partial charge in [0.2, 0.25) is 0 Å². The van der Waals surface area contributed by atoms with Crippen LogP contribution >= 0.6 is 15.9 Å². The summed E-state index contributed by atoms with van der Waals surface area (Å²) >= 11 is 3.08. The van der Waals surface area contributed by atoms with Gasteiger partial charge in [0, 0.05) is 4.47 Å². The number of hydrogen-bond donors (Lipinski definition) is 1. The van der Waals surface area contributed by atoms with Crippen LogP contribution in [-0.4, -0.2) is 11.5 Å². The highest BCUT2D eigenvalue weighted by atomic mass is 79.9. The Morgan fingerprint density at radius 3 is 2.38 bits per heavy atom. The molecule has 0 bridgehead atoms. The van der Waals surface area contributed by atoms with Crippen molar-refractivity contribution in [2.45, 2.75) is 12.5 Å². The number of benzene rings is 2. The van der Waals surface area contributed by atoms with Crippen molar-refractivity contribution >= 4 is 15.9 Å². The van der Waals surface area contributed by atoms with Gasteiger partial charge in [-0.2, -0.15) is 0 Å². The van der Waals surface area contributed by atoms with E-state index in [-0.39, 0.29) is 11.1 Å². The summed E-state index contributed by atoms with van der Waals surface area (Å²) in [7, 11) is 0. The molecule has 0 aliphatic rings. The molecule has 0 aromatic heterocycles. The van der Waals surface area contributed by atoms with Crippen LogP contribution in [0.2, 0.25) is 0 Å². The molecule has 21 heavy (non-hydrogen) atoms. The minimum absolute atomic E-state index is 0.161. The fourth-order valence-corrected chi connectivity index (χ4v) is 2.29. The molecule has 0 saturated carbocycles. The van der Waals surface area contributed by atoms with Crippen LogP contribution in [0.5, 0.6) is 5.75 Å². The molecule has 0 amide bonds. The number of rotatable bonds is 3. The molecular formula is C14H9BrF4O2. The number of aliphatic hydroxyl groups is 1. The third-order valence-electron chi connectivity index (χ3n) is 2.61. The van der Waals surface area contributed by atoms with Crippen molar-refractivity contribution in [3.05, 3.63) is 63.9 Å². The van der Waals surface area contributed by atoms with E-state index in [1.54, 1.807) is 0 Å². The highest BCUT2D eigenvalue weighted by Gasteiger charge is 2.31. The fourth-order valence-electron chi connectivity index (χ4n) is 1.81. The molecular weight excluding hydrogens is 356 g/mol. The lowest BCUT2D eigenvalue weighted by atomic mass is 10.0. The van der Waals surface area contributed by atoms with Crippen LogP contribution in [0.1, 0.15) is 17.2 Å². The van der Waals surface area contributed by atoms with E-state index in [1.165, 1.54) is 24.3 Å². The molecule has 0 fully saturated rings. The average molecular weight is 365 g/mol. The van der Waals surface area contributed by atoms with Gasteiger partial charge in [-0.05, 0) is 41.5 Å². The van der Waals surface area contributed by atoms with Crippen molar-refractivity contribution in [1.82, 2.24) is 0 Å². The quantitative estimate of drug-likeness (QED) is 0.808. The smallest absolute Gasteiger partial charge is 0.406 e. The summed E-state index contributed by atoms with van der Waals surface area (Å²) in [5.41, 5.74) is 0.375. The van der Waals surface area contributed by atoms with Crippen LogP contribution in [0.3, 0.4) is 0 Å². The zero-order chi connectivity index (χ0) is 15.6. The first kappa shape index (κ1) is 15.8. The van der Waals surface area contributed by atoms with Crippen molar-refractivity contribution in [2.75, 3.05) is 0 Å². The van der Waals surface area contributed by atoms with Crippen LogP contribution in [0.25, 0.3) is 0 Å². The van der Waals surface area contributed by atoms with Gasteiger partial charge in [-0.1, -0.05) is 28.1 Å². The largest absolute Gasteiger partial charge is 0.573 e. The number of aliphatic hydroxyl groups excluding tert-OH is 1. The van der Waals surface area contributed by atoms with Gasteiger partial charge in [-0.15, -0.1) is 13.2 Å². The van der Waals surface area contributed by atoms with Gasteiger partial charge in [-0.25, -0.2) is 4.39 Å². The van der Waals surface area contributed by atoms with E-state index in [0.717, 1.165) is 18.2 Å². The predicted octanol–water partition coefficient (Wildman–Crippen LogP) is 4.57. The lowest BCUT2D eigenvalue weighted by Gasteiger charge is -2.14. The van der Waals surface area contributed by atoms with Gasteiger partial charge in [-0.3, -0.25) is 0 Å². The van der Waals surface area contributed by atoms with E-state index in [4.69, 9.17) is 0 Å². The van der Waals surface area contributed by atoms with E-state index < -0.39 is 24.0 Å². The summed E-state index contributed by atoms with van der Waals surface area (Å²) < 4.78 is 54.0. The minimum Gasteiger partial charge on any atom is -0.406 e. The lowest BCUT2D eigenvalue weighted by molar-refractivity contribution is -0.274. The predicted molar refractivity (Wildman–Crippen MR) is 71.3 cm³/mol. The van der Waals surface area contributed by atoms with E-state index in [2.05, 4.69) is 20.7 Å². The normalized spacial score (nSPS) is 13.0. The minimum atomic E-state index is -4.81. The lowest BCUT2D eigenvalue weighted by Crippen LogP contribution is -2.17. The average Bonchev–Trinajstić information content (AvgIpc) is 2.35. The van der Waals surface area contributed by atoms with Gasteiger partial charge in [0.25, 0.3) is 0 Å². The molecule has 0 spiro atoms. The fraction of sp³-hybridized carbons (Fsp3) is 0.143. The molecule has 1 atom stereocenters. The molecule has 0 heterocycles.